The van der Waals surface area contributed by atoms with Crippen molar-refractivity contribution in [2.45, 2.75) is 136 Å². The summed E-state index contributed by atoms with van der Waals surface area (Å²) in [6.07, 6.45) is 39.5. The summed E-state index contributed by atoms with van der Waals surface area (Å²) in [5.41, 5.74) is 0. The lowest BCUT2D eigenvalue weighted by Gasteiger charge is -2.03. The molecule has 1 nitrogen and oxygen atoms in total. The Morgan fingerprint density at radius 1 is 0.357 bits per heavy atom. The van der Waals surface area contributed by atoms with Gasteiger partial charge in [0.05, 0.1) is 0 Å². The molecule has 0 aromatic heterocycles. The van der Waals surface area contributed by atoms with Crippen molar-refractivity contribution in [2.24, 2.45) is 0 Å². The second kappa shape index (κ2) is 26.0. The van der Waals surface area contributed by atoms with Crippen LogP contribution in [0.4, 0.5) is 0 Å². The lowest BCUT2D eigenvalue weighted by atomic mass is 10.0. The molecule has 0 atom stereocenters. The highest BCUT2D eigenvalue weighted by atomic mass is 14.8. The van der Waals surface area contributed by atoms with Crippen LogP contribution in [0.1, 0.15) is 136 Å². The summed E-state index contributed by atoms with van der Waals surface area (Å²) in [7, 11) is 0. The minimum atomic E-state index is 1.37. The first-order chi connectivity index (χ1) is 13.9. The molecule has 28 heavy (non-hydrogen) atoms. The van der Waals surface area contributed by atoms with Crippen LogP contribution in [-0.4, -0.2) is 0 Å². The standard InChI is InChI=1S/C21H44.C6H7N/c1-3-5-7-9-11-13-15-17-19-21-20-18-16-14-12-10-8-6-4-2;1-2-4-6-7-5-3-1/h3-21H2,1-2H3;1-7H. The Bertz CT molecular complexity index is 321. The Morgan fingerprint density at radius 2 is 0.607 bits per heavy atom. The number of rotatable bonds is 18. The van der Waals surface area contributed by atoms with Gasteiger partial charge < -0.3 is 5.32 Å². The Hall–Kier alpha value is -0.980. The zero-order valence-electron chi connectivity index (χ0n) is 19.4. The van der Waals surface area contributed by atoms with Crippen molar-refractivity contribution < 1.29 is 0 Å². The van der Waals surface area contributed by atoms with Gasteiger partial charge in [0.2, 0.25) is 0 Å². The van der Waals surface area contributed by atoms with Gasteiger partial charge in [0, 0.05) is 12.4 Å². The van der Waals surface area contributed by atoms with Gasteiger partial charge in [-0.25, -0.2) is 0 Å². The number of nitrogens with one attached hydrogen (secondary N) is 1. The second-order valence-electron chi connectivity index (χ2n) is 8.28. The maximum absolute atomic E-state index is 2.92. The monoisotopic (exact) mass is 389 g/mol. The van der Waals surface area contributed by atoms with Crippen LogP contribution < -0.4 is 5.32 Å². The van der Waals surface area contributed by atoms with Crippen LogP contribution in [0.5, 0.6) is 0 Å². The van der Waals surface area contributed by atoms with E-state index in [9.17, 15) is 0 Å². The highest BCUT2D eigenvalue weighted by molar-refractivity contribution is 5.14. The summed E-state index contributed by atoms with van der Waals surface area (Å²) >= 11 is 0. The van der Waals surface area contributed by atoms with Crippen LogP contribution in [0.15, 0.2) is 36.7 Å². The summed E-state index contributed by atoms with van der Waals surface area (Å²) < 4.78 is 0. The normalized spacial score (nSPS) is 12.4. The Balaban J connectivity index is 0.000000861. The van der Waals surface area contributed by atoms with Gasteiger partial charge >= 0.3 is 0 Å². The molecule has 0 bridgehead atoms. The fourth-order valence-electron chi connectivity index (χ4n) is 3.56. The molecule has 1 N–H and O–H groups in total. The van der Waals surface area contributed by atoms with E-state index >= 15 is 0 Å². The van der Waals surface area contributed by atoms with Crippen LogP contribution >= 0.6 is 0 Å². The van der Waals surface area contributed by atoms with E-state index in [1.54, 1.807) is 0 Å². The summed E-state index contributed by atoms with van der Waals surface area (Å²) in [5, 5.41) is 2.92. The Kier molecular flexibility index (Phi) is 25.1. The van der Waals surface area contributed by atoms with Crippen LogP contribution in [0, 0.1) is 0 Å². The predicted molar refractivity (Wildman–Crippen MR) is 130 cm³/mol. The number of allylic oxidation sites excluding steroid dienone is 4. The summed E-state index contributed by atoms with van der Waals surface area (Å²) in [4.78, 5) is 0. The summed E-state index contributed by atoms with van der Waals surface area (Å²) in [6.45, 7) is 4.60. The third-order valence-corrected chi connectivity index (χ3v) is 5.43. The molecule has 0 aliphatic carbocycles. The third kappa shape index (κ3) is 25.0. The molecule has 1 rings (SSSR count). The van der Waals surface area contributed by atoms with Crippen molar-refractivity contribution in [3.8, 4) is 0 Å². The van der Waals surface area contributed by atoms with E-state index in [1.807, 2.05) is 36.7 Å². The average molecular weight is 390 g/mol. The van der Waals surface area contributed by atoms with Gasteiger partial charge in [-0.15, -0.1) is 0 Å². The molecule has 1 heterocycles. The molecule has 0 aromatic carbocycles. The highest BCUT2D eigenvalue weighted by Gasteiger charge is 1.94. The van der Waals surface area contributed by atoms with Crippen molar-refractivity contribution in [2.75, 3.05) is 0 Å². The van der Waals surface area contributed by atoms with Gasteiger partial charge in [-0.2, -0.15) is 0 Å². The number of hydrogen-bond acceptors (Lipinski definition) is 1. The van der Waals surface area contributed by atoms with Crippen molar-refractivity contribution in [3.05, 3.63) is 36.7 Å². The van der Waals surface area contributed by atoms with E-state index in [0.29, 0.717) is 0 Å². The summed E-state index contributed by atoms with van der Waals surface area (Å²) in [5.74, 6) is 0. The van der Waals surface area contributed by atoms with E-state index in [2.05, 4.69) is 19.2 Å². The van der Waals surface area contributed by atoms with Crippen molar-refractivity contribution in [1.82, 2.24) is 5.32 Å². The third-order valence-electron chi connectivity index (χ3n) is 5.43. The zero-order chi connectivity index (χ0) is 20.4. The topological polar surface area (TPSA) is 12.0 Å². The van der Waals surface area contributed by atoms with Crippen LogP contribution in [-0.2, 0) is 0 Å². The van der Waals surface area contributed by atoms with Crippen LogP contribution in [0.25, 0.3) is 0 Å². The summed E-state index contributed by atoms with van der Waals surface area (Å²) in [6, 6.07) is 0. The fourth-order valence-corrected chi connectivity index (χ4v) is 3.56. The first-order valence-corrected chi connectivity index (χ1v) is 12.7. The maximum Gasteiger partial charge on any atom is 0.000442 e. The van der Waals surface area contributed by atoms with E-state index in [4.69, 9.17) is 0 Å². The molecule has 1 aliphatic heterocycles. The van der Waals surface area contributed by atoms with Crippen LogP contribution in [0.2, 0.25) is 0 Å². The van der Waals surface area contributed by atoms with Crippen molar-refractivity contribution in [1.29, 1.82) is 0 Å². The Morgan fingerprint density at radius 3 is 0.857 bits per heavy atom. The highest BCUT2D eigenvalue weighted by Crippen LogP contribution is 2.14. The maximum atomic E-state index is 2.92. The number of hydrogen-bond donors (Lipinski definition) is 1. The molecule has 0 saturated heterocycles. The fraction of sp³-hybridized carbons (Fsp3) is 0.778. The van der Waals surface area contributed by atoms with Crippen molar-refractivity contribution in [3.63, 3.8) is 0 Å². The van der Waals surface area contributed by atoms with Gasteiger partial charge in [-0.3, -0.25) is 0 Å². The molecule has 0 fully saturated rings. The smallest absolute Gasteiger partial charge is 0.000442 e. The van der Waals surface area contributed by atoms with Crippen LogP contribution in [0.3, 0.4) is 0 Å². The molecule has 0 aromatic rings. The van der Waals surface area contributed by atoms with Gasteiger partial charge in [0.15, 0.2) is 0 Å². The van der Waals surface area contributed by atoms with E-state index in [0.717, 1.165) is 0 Å². The Labute approximate surface area is 178 Å². The van der Waals surface area contributed by atoms with Crippen molar-refractivity contribution >= 4 is 0 Å². The quantitative estimate of drug-likeness (QED) is 0.230. The molecular weight excluding hydrogens is 338 g/mol. The molecule has 0 saturated carbocycles. The molecule has 1 heteroatoms. The van der Waals surface area contributed by atoms with E-state index in [1.165, 1.54) is 122 Å². The average Bonchev–Trinajstić information content (AvgIpc) is 3.04. The lowest BCUT2D eigenvalue weighted by Crippen LogP contribution is -1.87. The van der Waals surface area contributed by atoms with E-state index in [-0.39, 0.29) is 0 Å². The first-order valence-electron chi connectivity index (χ1n) is 12.7. The predicted octanol–water partition coefficient (Wildman–Crippen LogP) is 9.61. The largest absolute Gasteiger partial charge is 0.368 e. The van der Waals surface area contributed by atoms with Gasteiger partial charge in [0.25, 0.3) is 0 Å². The first kappa shape index (κ1) is 27.0. The zero-order valence-corrected chi connectivity index (χ0v) is 19.4. The molecule has 0 unspecified atom stereocenters. The molecule has 0 amide bonds. The second-order valence-corrected chi connectivity index (χ2v) is 8.28. The lowest BCUT2D eigenvalue weighted by molar-refractivity contribution is 0.524. The minimum Gasteiger partial charge on any atom is -0.368 e. The van der Waals surface area contributed by atoms with Gasteiger partial charge in [-0.1, -0.05) is 148 Å². The molecule has 0 radical (unpaired) electrons. The van der Waals surface area contributed by atoms with Gasteiger partial charge in [0.1, 0.15) is 0 Å². The van der Waals surface area contributed by atoms with E-state index < -0.39 is 0 Å². The molecular formula is C27H51N. The molecule has 1 aliphatic rings. The minimum absolute atomic E-state index is 1.37. The molecule has 164 valence electrons. The number of unbranched alkanes of at least 4 members (excludes halogenated alkanes) is 18. The molecule has 0 spiro atoms. The van der Waals surface area contributed by atoms with Gasteiger partial charge in [-0.05, 0) is 12.2 Å². The SMILES string of the molecule is C1=CC=CNC=C1.CCCCCCCCCCCCCCCCCCCCC.